The predicted octanol–water partition coefficient (Wildman–Crippen LogP) is 1.33. The van der Waals surface area contributed by atoms with Crippen LogP contribution in [-0.2, 0) is 29.3 Å². The lowest BCUT2D eigenvalue weighted by Gasteiger charge is -2.14. The van der Waals surface area contributed by atoms with E-state index in [0.717, 1.165) is 18.4 Å². The fraction of sp³-hybridized carbons (Fsp3) is 0.471. The Labute approximate surface area is 135 Å². The Balaban J connectivity index is 1.70. The van der Waals surface area contributed by atoms with Gasteiger partial charge in [-0.1, -0.05) is 30.3 Å². The third-order valence-corrected chi connectivity index (χ3v) is 3.91. The molecule has 0 saturated heterocycles. The first kappa shape index (κ1) is 17.0. The van der Waals surface area contributed by atoms with Gasteiger partial charge in [0.15, 0.2) is 6.61 Å². The molecule has 0 unspecified atom stereocenters. The molecule has 0 aromatic heterocycles. The Morgan fingerprint density at radius 3 is 2.48 bits per heavy atom. The number of nitrogens with one attached hydrogen (secondary N) is 1. The van der Waals surface area contributed by atoms with Crippen molar-refractivity contribution in [3.63, 3.8) is 0 Å². The first-order chi connectivity index (χ1) is 11.1. The summed E-state index contributed by atoms with van der Waals surface area (Å²) in [6.07, 6.45) is 2.22. The van der Waals surface area contributed by atoms with Crippen LogP contribution in [0.2, 0.25) is 0 Å². The van der Waals surface area contributed by atoms with Crippen molar-refractivity contribution in [2.75, 3.05) is 20.3 Å². The molecule has 6 nitrogen and oxygen atoms in total. The topological polar surface area (TPSA) is 81.7 Å². The molecule has 1 N–H and O–H groups in total. The van der Waals surface area contributed by atoms with Gasteiger partial charge in [0.05, 0.1) is 12.5 Å². The SMILES string of the molecule is COC(=O)CCCNC(=O)COC(=O)C1(c2ccccc2)CC1. The largest absolute Gasteiger partial charge is 0.469 e. The normalized spacial score (nSPS) is 14.7. The number of amides is 1. The third kappa shape index (κ3) is 4.55. The van der Waals surface area contributed by atoms with Crippen molar-refractivity contribution >= 4 is 17.8 Å². The van der Waals surface area contributed by atoms with Crippen LogP contribution in [0.5, 0.6) is 0 Å². The molecule has 1 aromatic carbocycles. The van der Waals surface area contributed by atoms with Gasteiger partial charge in [-0.05, 0) is 24.8 Å². The molecule has 1 aliphatic carbocycles. The van der Waals surface area contributed by atoms with Gasteiger partial charge in [-0.15, -0.1) is 0 Å². The monoisotopic (exact) mass is 319 g/mol. The van der Waals surface area contributed by atoms with Gasteiger partial charge in [-0.3, -0.25) is 14.4 Å². The summed E-state index contributed by atoms with van der Waals surface area (Å²) in [5, 5.41) is 2.61. The summed E-state index contributed by atoms with van der Waals surface area (Å²) in [5.74, 6) is -1.04. The molecule has 0 spiro atoms. The Bertz CT molecular complexity index is 566. The van der Waals surface area contributed by atoms with Crippen molar-refractivity contribution in [1.82, 2.24) is 5.32 Å². The Kier molecular flexibility index (Phi) is 5.73. The molecule has 2 rings (SSSR count). The highest BCUT2D eigenvalue weighted by molar-refractivity contribution is 5.88. The first-order valence-corrected chi connectivity index (χ1v) is 7.65. The van der Waals surface area contributed by atoms with Gasteiger partial charge >= 0.3 is 11.9 Å². The number of esters is 2. The highest BCUT2D eigenvalue weighted by Gasteiger charge is 2.52. The second kappa shape index (κ2) is 7.76. The van der Waals surface area contributed by atoms with Gasteiger partial charge in [0.1, 0.15) is 0 Å². The van der Waals surface area contributed by atoms with E-state index in [4.69, 9.17) is 4.74 Å². The van der Waals surface area contributed by atoms with Gasteiger partial charge < -0.3 is 14.8 Å². The molecule has 0 radical (unpaired) electrons. The van der Waals surface area contributed by atoms with Crippen molar-refractivity contribution in [2.24, 2.45) is 0 Å². The molecule has 124 valence electrons. The standard InChI is InChI=1S/C17H21NO5/c1-22-15(20)8-5-11-18-14(19)12-23-16(21)17(9-10-17)13-6-3-2-4-7-13/h2-4,6-7H,5,8-12H2,1H3,(H,18,19). The third-order valence-electron chi connectivity index (χ3n) is 3.91. The van der Waals surface area contributed by atoms with Crippen LogP contribution in [0.25, 0.3) is 0 Å². The molecule has 0 bridgehead atoms. The number of hydrogen-bond acceptors (Lipinski definition) is 5. The van der Waals surface area contributed by atoms with Gasteiger partial charge in [-0.2, -0.15) is 0 Å². The van der Waals surface area contributed by atoms with Crippen molar-refractivity contribution in [3.05, 3.63) is 35.9 Å². The second-order valence-corrected chi connectivity index (χ2v) is 5.55. The molecule has 1 aliphatic rings. The zero-order valence-corrected chi connectivity index (χ0v) is 13.2. The Morgan fingerprint density at radius 2 is 1.87 bits per heavy atom. The van der Waals surface area contributed by atoms with E-state index in [-0.39, 0.29) is 30.9 Å². The van der Waals surface area contributed by atoms with Gasteiger partial charge in [0.2, 0.25) is 0 Å². The van der Waals surface area contributed by atoms with Crippen LogP contribution < -0.4 is 5.32 Å². The molecular formula is C17H21NO5. The summed E-state index contributed by atoms with van der Waals surface area (Å²) < 4.78 is 9.64. The highest BCUT2D eigenvalue weighted by atomic mass is 16.5. The average molecular weight is 319 g/mol. The number of carbonyl (C=O) groups is 3. The van der Waals surface area contributed by atoms with Crippen LogP contribution in [0.3, 0.4) is 0 Å². The number of ether oxygens (including phenoxy) is 2. The van der Waals surface area contributed by atoms with Crippen molar-refractivity contribution in [1.29, 1.82) is 0 Å². The van der Waals surface area contributed by atoms with E-state index < -0.39 is 5.41 Å². The van der Waals surface area contributed by atoms with Crippen LogP contribution in [-0.4, -0.2) is 38.1 Å². The zero-order chi connectivity index (χ0) is 16.7. The average Bonchev–Trinajstić information content (AvgIpc) is 3.39. The quantitative estimate of drug-likeness (QED) is 0.577. The maximum absolute atomic E-state index is 12.2. The first-order valence-electron chi connectivity index (χ1n) is 7.65. The number of hydrogen-bond donors (Lipinski definition) is 1. The fourth-order valence-electron chi connectivity index (χ4n) is 2.38. The number of carbonyl (C=O) groups excluding carboxylic acids is 3. The summed E-state index contributed by atoms with van der Waals surface area (Å²) in [6, 6.07) is 9.47. The van der Waals surface area contributed by atoms with Crippen LogP contribution in [0.15, 0.2) is 30.3 Å². The Hall–Kier alpha value is -2.37. The molecule has 1 saturated carbocycles. The smallest absolute Gasteiger partial charge is 0.317 e. The molecular weight excluding hydrogens is 298 g/mol. The highest BCUT2D eigenvalue weighted by Crippen LogP contribution is 2.49. The number of methoxy groups -OCH3 is 1. The van der Waals surface area contributed by atoms with E-state index in [1.165, 1.54) is 7.11 Å². The second-order valence-electron chi connectivity index (χ2n) is 5.55. The summed E-state index contributed by atoms with van der Waals surface area (Å²) in [6.45, 7) is 0.0426. The van der Waals surface area contributed by atoms with E-state index in [1.54, 1.807) is 0 Å². The van der Waals surface area contributed by atoms with E-state index in [0.29, 0.717) is 13.0 Å². The van der Waals surface area contributed by atoms with E-state index >= 15 is 0 Å². The molecule has 23 heavy (non-hydrogen) atoms. The number of benzene rings is 1. The maximum Gasteiger partial charge on any atom is 0.317 e. The Morgan fingerprint density at radius 1 is 1.17 bits per heavy atom. The summed E-state index contributed by atoms with van der Waals surface area (Å²) in [7, 11) is 1.32. The van der Waals surface area contributed by atoms with Gasteiger partial charge in [-0.25, -0.2) is 0 Å². The van der Waals surface area contributed by atoms with Gasteiger partial charge in [0.25, 0.3) is 5.91 Å². The van der Waals surface area contributed by atoms with E-state index in [1.807, 2.05) is 30.3 Å². The minimum atomic E-state index is -0.577. The molecule has 0 aliphatic heterocycles. The zero-order valence-electron chi connectivity index (χ0n) is 13.2. The van der Waals surface area contributed by atoms with Crippen molar-refractivity contribution in [2.45, 2.75) is 31.1 Å². The fourth-order valence-corrected chi connectivity index (χ4v) is 2.38. The molecule has 6 heteroatoms. The van der Waals surface area contributed by atoms with Crippen LogP contribution in [0.1, 0.15) is 31.2 Å². The minimum absolute atomic E-state index is 0.244. The van der Waals surface area contributed by atoms with E-state index in [2.05, 4.69) is 10.1 Å². The summed E-state index contributed by atoms with van der Waals surface area (Å²) in [5.41, 5.74) is 0.357. The lowest BCUT2D eigenvalue weighted by molar-refractivity contribution is -0.151. The van der Waals surface area contributed by atoms with Crippen LogP contribution in [0, 0.1) is 0 Å². The predicted molar refractivity (Wildman–Crippen MR) is 82.6 cm³/mol. The number of rotatable bonds is 8. The summed E-state index contributed by atoms with van der Waals surface area (Å²) >= 11 is 0. The minimum Gasteiger partial charge on any atom is -0.469 e. The molecule has 1 amide bonds. The van der Waals surface area contributed by atoms with E-state index in [9.17, 15) is 14.4 Å². The van der Waals surface area contributed by atoms with Crippen molar-refractivity contribution in [3.8, 4) is 0 Å². The lowest BCUT2D eigenvalue weighted by Crippen LogP contribution is -2.32. The molecule has 1 fully saturated rings. The van der Waals surface area contributed by atoms with Crippen LogP contribution in [0.4, 0.5) is 0 Å². The van der Waals surface area contributed by atoms with Gasteiger partial charge in [0, 0.05) is 13.0 Å². The molecule has 0 heterocycles. The molecule has 1 aromatic rings. The molecule has 0 atom stereocenters. The lowest BCUT2D eigenvalue weighted by atomic mass is 9.96. The summed E-state index contributed by atoms with van der Waals surface area (Å²) in [4.78, 5) is 34.8. The van der Waals surface area contributed by atoms with Crippen LogP contribution >= 0.6 is 0 Å². The maximum atomic E-state index is 12.2. The van der Waals surface area contributed by atoms with Crippen molar-refractivity contribution < 1.29 is 23.9 Å².